The second kappa shape index (κ2) is 9.30. The topological polar surface area (TPSA) is 247 Å². The summed E-state index contributed by atoms with van der Waals surface area (Å²) < 4.78 is 0. The lowest BCUT2D eigenvalue weighted by atomic mass is 9.95. The van der Waals surface area contributed by atoms with E-state index in [1.54, 1.807) is 5.32 Å². The van der Waals surface area contributed by atoms with Crippen molar-refractivity contribution in [2.45, 2.75) is 0 Å². The molecule has 13 nitrogen and oxygen atoms in total. The van der Waals surface area contributed by atoms with Crippen LogP contribution in [-0.4, -0.2) is 56.4 Å². The summed E-state index contributed by atoms with van der Waals surface area (Å²) in [5, 5.41) is 39.9. The Labute approximate surface area is 182 Å². The van der Waals surface area contributed by atoms with Gasteiger partial charge in [0.05, 0.1) is 22.3 Å². The zero-order chi connectivity index (χ0) is 25.0. The second-order valence-corrected chi connectivity index (χ2v) is 6.42. The fraction of sp³-hybridized carbons (Fsp3) is 0. The lowest BCUT2D eigenvalue weighted by molar-refractivity contribution is 0.0652. The van der Waals surface area contributed by atoms with Gasteiger partial charge in [-0.25, -0.2) is 28.8 Å². The van der Waals surface area contributed by atoms with Crippen molar-refractivity contribution in [3.05, 3.63) is 58.7 Å². The van der Waals surface area contributed by atoms with E-state index in [4.69, 9.17) is 0 Å². The summed E-state index contributed by atoms with van der Waals surface area (Å²) in [4.78, 5) is 64.4. The number of hydrogen-bond acceptors (Lipinski definition) is 6. The van der Waals surface area contributed by atoms with Crippen molar-refractivity contribution < 1.29 is 49.2 Å². The van der Waals surface area contributed by atoms with Gasteiger partial charge in [0.15, 0.2) is 0 Å². The molecule has 0 aliphatic heterocycles. The van der Waals surface area contributed by atoms with Crippen LogP contribution in [0.25, 0.3) is 21.5 Å². The van der Waals surface area contributed by atoms with Crippen molar-refractivity contribution in [3.63, 3.8) is 0 Å². The van der Waals surface area contributed by atoms with Gasteiger partial charge in [-0.15, -0.1) is 0 Å². The molecule has 0 bridgehead atoms. The molecule has 0 saturated carbocycles. The second-order valence-electron chi connectivity index (χ2n) is 6.42. The molecule has 0 spiro atoms. The molecule has 9 N–H and O–H groups in total. The van der Waals surface area contributed by atoms with E-state index < -0.39 is 58.2 Å². The van der Waals surface area contributed by atoms with Crippen LogP contribution in [0.15, 0.2) is 36.4 Å². The molecule has 0 aliphatic rings. The Morgan fingerprint density at radius 3 is 0.818 bits per heavy atom. The van der Waals surface area contributed by atoms with Gasteiger partial charge in [0, 0.05) is 0 Å². The number of carbonyl (C=O) groups is 6. The van der Waals surface area contributed by atoms with Gasteiger partial charge in [0.1, 0.15) is 0 Å². The molecule has 0 aromatic heterocycles. The number of carboxylic acid groups (broad SMARTS) is 4. The first-order valence-corrected chi connectivity index (χ1v) is 8.66. The number of aromatic carboxylic acids is 4. The zero-order valence-electron chi connectivity index (χ0n) is 16.4. The number of amides is 4. The Hall–Kier alpha value is -5.20. The van der Waals surface area contributed by atoms with Gasteiger partial charge in [0.2, 0.25) is 0 Å². The van der Waals surface area contributed by atoms with Crippen molar-refractivity contribution >= 4 is 57.5 Å². The molecule has 3 aromatic rings. The van der Waals surface area contributed by atoms with Gasteiger partial charge < -0.3 is 31.9 Å². The Kier molecular flexibility index (Phi) is 6.78. The Balaban J connectivity index is 0.000000479. The fourth-order valence-corrected chi connectivity index (χ4v) is 2.93. The summed E-state index contributed by atoms with van der Waals surface area (Å²) in [6.07, 6.45) is 0. The van der Waals surface area contributed by atoms with E-state index in [0.717, 1.165) is 0 Å². The number of benzene rings is 3. The van der Waals surface area contributed by atoms with Gasteiger partial charge in [-0.1, -0.05) is 0 Å². The number of carbonyl (C=O) groups excluding carboxylic acids is 2. The number of imide groups is 1. The lowest BCUT2D eigenvalue weighted by Gasteiger charge is -2.09. The smallest absolute Gasteiger partial charge is 0.336 e. The predicted molar refractivity (Wildman–Crippen MR) is 112 cm³/mol. The van der Waals surface area contributed by atoms with Gasteiger partial charge in [-0.05, 0) is 57.9 Å². The highest BCUT2D eigenvalue weighted by Gasteiger charge is 2.20. The molecule has 33 heavy (non-hydrogen) atoms. The minimum Gasteiger partial charge on any atom is -0.478 e. The monoisotopic (exact) mass is 457 g/mol. The van der Waals surface area contributed by atoms with Crippen molar-refractivity contribution in [2.24, 2.45) is 11.5 Å². The lowest BCUT2D eigenvalue weighted by Crippen LogP contribution is -2.38. The van der Waals surface area contributed by atoms with Crippen molar-refractivity contribution in [1.29, 1.82) is 0 Å². The molecule has 0 fully saturated rings. The number of carboxylic acids is 4. The number of primary amides is 2. The molecule has 3 rings (SSSR count). The fourth-order valence-electron chi connectivity index (χ4n) is 2.93. The summed E-state index contributed by atoms with van der Waals surface area (Å²) in [6.45, 7) is 0. The van der Waals surface area contributed by atoms with Crippen LogP contribution in [0.1, 0.15) is 41.4 Å². The summed E-state index contributed by atoms with van der Waals surface area (Å²) in [7, 11) is 0. The average Bonchev–Trinajstić information content (AvgIpc) is 2.69. The van der Waals surface area contributed by atoms with Crippen molar-refractivity contribution in [1.82, 2.24) is 5.32 Å². The molecule has 0 saturated heterocycles. The SMILES string of the molecule is NC(=O)NC(N)=O.O=C(O)c1cc2cc3cc(C(=O)O)c(C(=O)O)cc3cc2cc1C(=O)O. The largest absolute Gasteiger partial charge is 0.478 e. The first kappa shape index (κ1) is 24.1. The normalized spacial score (nSPS) is 10.1. The van der Waals surface area contributed by atoms with E-state index >= 15 is 0 Å². The highest BCUT2D eigenvalue weighted by atomic mass is 16.4. The van der Waals surface area contributed by atoms with Crippen LogP contribution in [-0.2, 0) is 0 Å². The molecule has 4 amide bonds. The quantitative estimate of drug-likeness (QED) is 0.278. The number of nitrogens with one attached hydrogen (secondary N) is 1. The zero-order valence-corrected chi connectivity index (χ0v) is 16.4. The van der Waals surface area contributed by atoms with E-state index in [0.29, 0.717) is 21.5 Å². The van der Waals surface area contributed by atoms with E-state index in [2.05, 4.69) is 11.5 Å². The summed E-state index contributed by atoms with van der Waals surface area (Å²) in [5.41, 5.74) is 7.29. The average molecular weight is 457 g/mol. The predicted octanol–water partition coefficient (Wildman–Crippen LogP) is 1.52. The first-order valence-electron chi connectivity index (χ1n) is 8.66. The van der Waals surface area contributed by atoms with Gasteiger partial charge >= 0.3 is 35.9 Å². The highest BCUT2D eigenvalue weighted by molar-refractivity contribution is 6.11. The molecular formula is C20H15N3O10. The van der Waals surface area contributed by atoms with Crippen LogP contribution in [0.2, 0.25) is 0 Å². The third-order valence-corrected chi connectivity index (χ3v) is 4.24. The van der Waals surface area contributed by atoms with Crippen LogP contribution < -0.4 is 16.8 Å². The van der Waals surface area contributed by atoms with E-state index in [9.17, 15) is 49.2 Å². The Bertz CT molecular complexity index is 1170. The summed E-state index contributed by atoms with van der Waals surface area (Å²) in [5.74, 6) is -5.62. The summed E-state index contributed by atoms with van der Waals surface area (Å²) >= 11 is 0. The first-order chi connectivity index (χ1) is 15.3. The third kappa shape index (κ3) is 5.49. The standard InChI is InChI=1S/C18H10O8.C2H5N3O2/c19-15(20)11-3-7-1-8-4-12(16(21)22)14(18(25)26)6-10(8)2-9(7)5-13(11)17(23)24;3-1(6)5-2(4)7/h1-6H,(H,19,20)(H,21,22)(H,23,24)(H,25,26);(H5,3,4,5,6,7). The van der Waals surface area contributed by atoms with Gasteiger partial charge in [0.25, 0.3) is 0 Å². The van der Waals surface area contributed by atoms with Crippen LogP contribution >= 0.6 is 0 Å². The van der Waals surface area contributed by atoms with E-state index in [-0.39, 0.29) is 0 Å². The maximum absolute atomic E-state index is 11.3. The minimum absolute atomic E-state index is 0.388. The van der Waals surface area contributed by atoms with Crippen LogP contribution in [0.4, 0.5) is 9.59 Å². The number of urea groups is 2. The molecule has 0 aliphatic carbocycles. The summed E-state index contributed by atoms with van der Waals surface area (Å²) in [6, 6.07) is 5.85. The van der Waals surface area contributed by atoms with Crippen molar-refractivity contribution in [3.8, 4) is 0 Å². The third-order valence-electron chi connectivity index (χ3n) is 4.24. The molecule has 3 aromatic carbocycles. The maximum atomic E-state index is 11.3. The molecular weight excluding hydrogens is 442 g/mol. The van der Waals surface area contributed by atoms with Crippen LogP contribution in [0.3, 0.4) is 0 Å². The van der Waals surface area contributed by atoms with Crippen LogP contribution in [0, 0.1) is 0 Å². The number of nitrogens with two attached hydrogens (primary N) is 2. The minimum atomic E-state index is -1.41. The molecule has 0 heterocycles. The number of fused-ring (bicyclic) bond motifs is 2. The van der Waals surface area contributed by atoms with Crippen molar-refractivity contribution in [2.75, 3.05) is 0 Å². The van der Waals surface area contributed by atoms with Gasteiger partial charge in [-0.3, -0.25) is 5.32 Å². The molecule has 0 unspecified atom stereocenters. The Morgan fingerprint density at radius 1 is 0.485 bits per heavy atom. The number of rotatable bonds is 4. The van der Waals surface area contributed by atoms with E-state index in [1.165, 1.54) is 36.4 Å². The van der Waals surface area contributed by atoms with Crippen LogP contribution in [0.5, 0.6) is 0 Å². The maximum Gasteiger partial charge on any atom is 0.336 e. The number of hydrogen-bond donors (Lipinski definition) is 7. The molecule has 0 atom stereocenters. The molecule has 170 valence electrons. The Morgan fingerprint density at radius 2 is 0.697 bits per heavy atom. The van der Waals surface area contributed by atoms with E-state index in [1.807, 2.05) is 0 Å². The highest BCUT2D eigenvalue weighted by Crippen LogP contribution is 2.28. The molecule has 13 heteroatoms. The molecule has 0 radical (unpaired) electrons. The van der Waals surface area contributed by atoms with Gasteiger partial charge in [-0.2, -0.15) is 0 Å².